The Kier molecular flexibility index (Phi) is 2.96. The Balaban J connectivity index is 2.55. The standard InChI is InChI=1S/C11H11N3OS/c1-7(15)9-10(16-11(12-2)14-9)8-4-3-5-13-6-8/h3-6H,1-2H3,(H,12,14). The number of rotatable bonds is 3. The second-order valence-electron chi connectivity index (χ2n) is 3.24. The van der Waals surface area contributed by atoms with Crippen LogP contribution in [0.25, 0.3) is 10.4 Å². The SMILES string of the molecule is CNc1nc(C(C)=O)c(-c2cccnc2)s1. The molecule has 0 aromatic carbocycles. The van der Waals surface area contributed by atoms with Gasteiger partial charge < -0.3 is 5.32 Å². The van der Waals surface area contributed by atoms with Crippen LogP contribution in [0.15, 0.2) is 24.5 Å². The number of nitrogens with zero attached hydrogens (tertiary/aromatic N) is 2. The quantitative estimate of drug-likeness (QED) is 0.827. The molecule has 2 heterocycles. The minimum absolute atomic E-state index is 0.0309. The van der Waals surface area contributed by atoms with E-state index in [1.54, 1.807) is 19.4 Å². The van der Waals surface area contributed by atoms with Crippen molar-refractivity contribution in [3.8, 4) is 10.4 Å². The molecule has 2 aromatic heterocycles. The van der Waals surface area contributed by atoms with Gasteiger partial charge in [-0.15, -0.1) is 0 Å². The van der Waals surface area contributed by atoms with Crippen molar-refractivity contribution in [3.05, 3.63) is 30.2 Å². The van der Waals surface area contributed by atoms with Gasteiger partial charge in [-0.3, -0.25) is 9.78 Å². The fourth-order valence-electron chi connectivity index (χ4n) is 1.36. The van der Waals surface area contributed by atoms with E-state index in [0.29, 0.717) is 5.69 Å². The fourth-order valence-corrected chi connectivity index (χ4v) is 2.32. The molecule has 0 saturated heterocycles. The lowest BCUT2D eigenvalue weighted by Crippen LogP contribution is -1.95. The molecule has 0 aliphatic heterocycles. The summed E-state index contributed by atoms with van der Waals surface area (Å²) in [6.45, 7) is 1.52. The Morgan fingerprint density at radius 2 is 2.31 bits per heavy atom. The number of thiazole rings is 1. The zero-order chi connectivity index (χ0) is 11.5. The normalized spacial score (nSPS) is 10.1. The molecule has 82 valence electrons. The molecule has 0 atom stereocenters. The zero-order valence-corrected chi connectivity index (χ0v) is 9.84. The van der Waals surface area contributed by atoms with Crippen molar-refractivity contribution in [1.82, 2.24) is 9.97 Å². The highest BCUT2D eigenvalue weighted by Gasteiger charge is 2.15. The van der Waals surface area contributed by atoms with Crippen molar-refractivity contribution >= 4 is 22.3 Å². The third-order valence-corrected chi connectivity index (χ3v) is 3.22. The summed E-state index contributed by atoms with van der Waals surface area (Å²) in [5, 5.41) is 3.69. The topological polar surface area (TPSA) is 54.9 Å². The smallest absolute Gasteiger partial charge is 0.183 e. The first-order valence-corrected chi connectivity index (χ1v) is 5.64. The highest BCUT2D eigenvalue weighted by molar-refractivity contribution is 7.19. The monoisotopic (exact) mass is 233 g/mol. The van der Waals surface area contributed by atoms with Crippen molar-refractivity contribution in [1.29, 1.82) is 0 Å². The predicted octanol–water partition coefficient (Wildman–Crippen LogP) is 2.45. The van der Waals surface area contributed by atoms with Gasteiger partial charge in [0.05, 0.1) is 4.88 Å². The summed E-state index contributed by atoms with van der Waals surface area (Å²) >= 11 is 1.46. The summed E-state index contributed by atoms with van der Waals surface area (Å²) in [5.74, 6) is -0.0309. The summed E-state index contributed by atoms with van der Waals surface area (Å²) in [6.07, 6.45) is 3.44. The number of nitrogens with one attached hydrogen (secondary N) is 1. The van der Waals surface area contributed by atoms with Crippen LogP contribution in [0.2, 0.25) is 0 Å². The van der Waals surface area contributed by atoms with Gasteiger partial charge in [-0.25, -0.2) is 4.98 Å². The Bertz CT molecular complexity index is 507. The van der Waals surface area contributed by atoms with E-state index in [1.165, 1.54) is 18.3 Å². The van der Waals surface area contributed by atoms with Crippen LogP contribution < -0.4 is 5.32 Å². The van der Waals surface area contributed by atoms with Gasteiger partial charge in [0.1, 0.15) is 5.69 Å². The lowest BCUT2D eigenvalue weighted by atomic mass is 10.2. The van der Waals surface area contributed by atoms with Crippen molar-refractivity contribution < 1.29 is 4.79 Å². The third kappa shape index (κ3) is 1.94. The van der Waals surface area contributed by atoms with Gasteiger partial charge in [0, 0.05) is 31.9 Å². The van der Waals surface area contributed by atoms with Gasteiger partial charge in [0.15, 0.2) is 10.9 Å². The molecule has 1 N–H and O–H groups in total. The molecule has 2 aromatic rings. The van der Waals surface area contributed by atoms with Gasteiger partial charge in [0.2, 0.25) is 0 Å². The number of hydrogen-bond acceptors (Lipinski definition) is 5. The Labute approximate surface area is 97.4 Å². The molecule has 0 amide bonds. The maximum absolute atomic E-state index is 11.5. The molecule has 4 nitrogen and oxygen atoms in total. The number of ketones is 1. The van der Waals surface area contributed by atoms with Crippen LogP contribution >= 0.6 is 11.3 Å². The van der Waals surface area contributed by atoms with E-state index in [9.17, 15) is 4.79 Å². The minimum Gasteiger partial charge on any atom is -0.365 e. The lowest BCUT2D eigenvalue weighted by Gasteiger charge is -1.97. The van der Waals surface area contributed by atoms with E-state index in [0.717, 1.165) is 15.6 Å². The Morgan fingerprint density at radius 3 is 2.88 bits per heavy atom. The highest BCUT2D eigenvalue weighted by atomic mass is 32.1. The van der Waals surface area contributed by atoms with Gasteiger partial charge in [-0.1, -0.05) is 17.4 Å². The summed E-state index contributed by atoms with van der Waals surface area (Å²) < 4.78 is 0. The second kappa shape index (κ2) is 4.40. The molecule has 0 saturated carbocycles. The van der Waals surface area contributed by atoms with E-state index in [2.05, 4.69) is 15.3 Å². The second-order valence-corrected chi connectivity index (χ2v) is 4.24. The van der Waals surface area contributed by atoms with E-state index in [-0.39, 0.29) is 5.78 Å². The zero-order valence-electron chi connectivity index (χ0n) is 9.02. The number of Topliss-reactive ketones (excluding diaryl/α,β-unsaturated/α-hetero) is 1. The van der Waals surface area contributed by atoms with Crippen LogP contribution in [0, 0.1) is 0 Å². The summed E-state index contributed by atoms with van der Waals surface area (Å²) in [4.78, 5) is 20.6. The molecule has 0 aliphatic carbocycles. The first kappa shape index (κ1) is 10.8. The van der Waals surface area contributed by atoms with Crippen molar-refractivity contribution in [3.63, 3.8) is 0 Å². The number of carbonyl (C=O) groups excluding carboxylic acids is 1. The van der Waals surface area contributed by atoms with Gasteiger partial charge in [-0.2, -0.15) is 0 Å². The molecule has 2 rings (SSSR count). The van der Waals surface area contributed by atoms with Gasteiger partial charge >= 0.3 is 0 Å². The highest BCUT2D eigenvalue weighted by Crippen LogP contribution is 2.32. The lowest BCUT2D eigenvalue weighted by molar-refractivity contribution is 0.101. The molecule has 0 aliphatic rings. The number of carbonyl (C=O) groups is 1. The number of hydrogen-bond donors (Lipinski definition) is 1. The van der Waals surface area contributed by atoms with Crippen molar-refractivity contribution in [2.75, 3.05) is 12.4 Å². The maximum Gasteiger partial charge on any atom is 0.183 e. The fraction of sp³-hybridized carbons (Fsp3) is 0.182. The summed E-state index contributed by atoms with van der Waals surface area (Å²) in [6, 6.07) is 3.77. The molecule has 0 bridgehead atoms. The van der Waals surface area contributed by atoms with Crippen LogP contribution in [0.5, 0.6) is 0 Å². The molecule has 0 fully saturated rings. The molecular weight excluding hydrogens is 222 g/mol. The van der Waals surface area contributed by atoms with Crippen LogP contribution in [-0.2, 0) is 0 Å². The molecular formula is C11H11N3OS. The van der Waals surface area contributed by atoms with Gasteiger partial charge in [0.25, 0.3) is 0 Å². The average Bonchev–Trinajstić information content (AvgIpc) is 2.74. The maximum atomic E-state index is 11.5. The van der Waals surface area contributed by atoms with E-state index in [1.807, 2.05) is 12.1 Å². The van der Waals surface area contributed by atoms with Crippen LogP contribution in [-0.4, -0.2) is 22.8 Å². The molecule has 0 spiro atoms. The summed E-state index contributed by atoms with van der Waals surface area (Å²) in [5.41, 5.74) is 1.43. The minimum atomic E-state index is -0.0309. The number of anilines is 1. The number of pyridine rings is 1. The van der Waals surface area contributed by atoms with E-state index >= 15 is 0 Å². The predicted molar refractivity (Wildman–Crippen MR) is 64.9 cm³/mol. The molecule has 16 heavy (non-hydrogen) atoms. The molecule has 0 radical (unpaired) electrons. The Hall–Kier alpha value is -1.75. The van der Waals surface area contributed by atoms with Crippen LogP contribution in [0.4, 0.5) is 5.13 Å². The number of aromatic nitrogens is 2. The van der Waals surface area contributed by atoms with Crippen molar-refractivity contribution in [2.24, 2.45) is 0 Å². The summed E-state index contributed by atoms with van der Waals surface area (Å²) in [7, 11) is 1.79. The average molecular weight is 233 g/mol. The van der Waals surface area contributed by atoms with Crippen molar-refractivity contribution in [2.45, 2.75) is 6.92 Å². The van der Waals surface area contributed by atoms with Crippen LogP contribution in [0.1, 0.15) is 17.4 Å². The Morgan fingerprint density at radius 1 is 1.50 bits per heavy atom. The van der Waals surface area contributed by atoms with Crippen LogP contribution in [0.3, 0.4) is 0 Å². The molecule has 0 unspecified atom stereocenters. The third-order valence-electron chi connectivity index (χ3n) is 2.10. The first-order valence-electron chi connectivity index (χ1n) is 4.82. The largest absolute Gasteiger partial charge is 0.365 e. The van der Waals surface area contributed by atoms with E-state index in [4.69, 9.17) is 0 Å². The first-order chi connectivity index (χ1) is 7.72. The van der Waals surface area contributed by atoms with E-state index < -0.39 is 0 Å². The van der Waals surface area contributed by atoms with Gasteiger partial charge in [-0.05, 0) is 6.07 Å². The molecule has 5 heteroatoms.